The lowest BCUT2D eigenvalue weighted by Gasteiger charge is -2.14. The molecule has 0 radical (unpaired) electrons. The Bertz CT molecular complexity index is 962. The lowest BCUT2D eigenvalue weighted by molar-refractivity contribution is -0.138. The van der Waals surface area contributed by atoms with Gasteiger partial charge in [-0.15, -0.1) is 0 Å². The van der Waals surface area contributed by atoms with Gasteiger partial charge in [-0.25, -0.2) is 4.98 Å². The average molecular weight is 402 g/mol. The Morgan fingerprint density at radius 3 is 2.45 bits per heavy atom. The highest BCUT2D eigenvalue weighted by atomic mass is 19.4. The first-order valence-corrected chi connectivity index (χ1v) is 9.11. The van der Waals surface area contributed by atoms with Gasteiger partial charge >= 0.3 is 6.18 Å². The molecule has 29 heavy (non-hydrogen) atoms. The van der Waals surface area contributed by atoms with Crippen LogP contribution in [0.25, 0.3) is 11.3 Å². The van der Waals surface area contributed by atoms with E-state index in [1.807, 2.05) is 30.3 Å². The van der Waals surface area contributed by atoms with E-state index in [1.54, 1.807) is 12.1 Å². The van der Waals surface area contributed by atoms with Gasteiger partial charge < -0.3 is 15.7 Å². The number of rotatable bonds is 7. The van der Waals surface area contributed by atoms with Crippen LogP contribution in [-0.2, 0) is 6.18 Å². The van der Waals surface area contributed by atoms with Crippen LogP contribution in [0.2, 0.25) is 0 Å². The number of aliphatic hydroxyl groups is 1. The van der Waals surface area contributed by atoms with Crippen LogP contribution in [0.15, 0.2) is 54.6 Å². The summed E-state index contributed by atoms with van der Waals surface area (Å²) >= 11 is 0. The van der Waals surface area contributed by atoms with Crippen LogP contribution in [0, 0.1) is 6.92 Å². The molecule has 0 aliphatic carbocycles. The highest BCUT2D eigenvalue weighted by Crippen LogP contribution is 2.34. The van der Waals surface area contributed by atoms with Gasteiger partial charge in [0.15, 0.2) is 0 Å². The lowest BCUT2D eigenvalue weighted by atomic mass is 10.1. The summed E-state index contributed by atoms with van der Waals surface area (Å²) in [5, 5.41) is 14.9. The highest BCUT2D eigenvalue weighted by Gasteiger charge is 2.32. The molecule has 8 heteroatoms. The summed E-state index contributed by atoms with van der Waals surface area (Å²) in [5.41, 5.74) is 1.21. The third-order valence-corrected chi connectivity index (χ3v) is 4.23. The first kappa shape index (κ1) is 20.6. The predicted molar refractivity (Wildman–Crippen MR) is 107 cm³/mol. The molecule has 0 saturated carbocycles. The molecular weight excluding hydrogens is 381 g/mol. The minimum atomic E-state index is -4.43. The molecule has 152 valence electrons. The summed E-state index contributed by atoms with van der Waals surface area (Å²) < 4.78 is 39.6. The summed E-state index contributed by atoms with van der Waals surface area (Å²) in [6.45, 7) is 1.92. The van der Waals surface area contributed by atoms with Crippen molar-refractivity contribution < 1.29 is 18.3 Å². The summed E-state index contributed by atoms with van der Waals surface area (Å²) in [7, 11) is 0. The van der Waals surface area contributed by atoms with Gasteiger partial charge in [-0.2, -0.15) is 18.2 Å². The number of aromatic nitrogens is 2. The van der Waals surface area contributed by atoms with Gasteiger partial charge in [-0.1, -0.05) is 36.4 Å². The molecule has 0 amide bonds. The Morgan fingerprint density at radius 2 is 1.76 bits per heavy atom. The molecule has 0 spiro atoms. The van der Waals surface area contributed by atoms with E-state index in [2.05, 4.69) is 20.6 Å². The van der Waals surface area contributed by atoms with Crippen molar-refractivity contribution in [2.24, 2.45) is 0 Å². The number of aliphatic hydroxyl groups excluding tert-OH is 1. The van der Waals surface area contributed by atoms with E-state index in [1.165, 1.54) is 13.0 Å². The van der Waals surface area contributed by atoms with Crippen molar-refractivity contribution in [3.05, 3.63) is 65.7 Å². The Balaban J connectivity index is 1.95. The smallest absolute Gasteiger partial charge is 0.396 e. The highest BCUT2D eigenvalue weighted by molar-refractivity contribution is 5.67. The van der Waals surface area contributed by atoms with Crippen LogP contribution in [-0.4, -0.2) is 28.2 Å². The fourth-order valence-corrected chi connectivity index (χ4v) is 2.78. The third-order valence-electron chi connectivity index (χ3n) is 4.23. The predicted octanol–water partition coefficient (Wildman–Crippen LogP) is 5.01. The number of hydrogen-bond acceptors (Lipinski definition) is 5. The molecule has 5 nitrogen and oxygen atoms in total. The molecule has 3 N–H and O–H groups in total. The van der Waals surface area contributed by atoms with Gasteiger partial charge in [0.2, 0.25) is 5.95 Å². The molecule has 1 aromatic heterocycles. The van der Waals surface area contributed by atoms with Gasteiger partial charge in [0.25, 0.3) is 0 Å². The van der Waals surface area contributed by atoms with Crippen molar-refractivity contribution in [1.29, 1.82) is 0 Å². The number of aryl methyl sites for hydroxylation is 1. The minimum Gasteiger partial charge on any atom is -0.396 e. The van der Waals surface area contributed by atoms with E-state index < -0.39 is 11.7 Å². The molecule has 0 atom stereocenters. The van der Waals surface area contributed by atoms with Crippen molar-refractivity contribution in [3.63, 3.8) is 0 Å². The second kappa shape index (κ2) is 8.91. The average Bonchev–Trinajstić information content (AvgIpc) is 2.69. The summed E-state index contributed by atoms with van der Waals surface area (Å²) in [4.78, 5) is 8.81. The minimum absolute atomic E-state index is 0.0278. The van der Waals surface area contributed by atoms with Gasteiger partial charge in [0.05, 0.1) is 11.3 Å². The van der Waals surface area contributed by atoms with E-state index in [0.717, 1.165) is 11.6 Å². The maximum Gasteiger partial charge on any atom is 0.416 e. The Morgan fingerprint density at radius 1 is 1.00 bits per heavy atom. The summed E-state index contributed by atoms with van der Waals surface area (Å²) in [6, 6.07) is 15.2. The molecule has 0 unspecified atom stereocenters. The molecule has 3 aromatic rings. The summed E-state index contributed by atoms with van der Waals surface area (Å²) in [6.07, 6.45) is -3.91. The molecule has 0 bridgehead atoms. The van der Waals surface area contributed by atoms with Crippen LogP contribution in [0.4, 0.5) is 30.6 Å². The number of nitrogens with one attached hydrogen (secondary N) is 2. The van der Waals surface area contributed by atoms with E-state index in [9.17, 15) is 13.2 Å². The molecule has 0 fully saturated rings. The maximum absolute atomic E-state index is 13.2. The quantitative estimate of drug-likeness (QED) is 0.485. The van der Waals surface area contributed by atoms with Crippen LogP contribution in [0.5, 0.6) is 0 Å². The third kappa shape index (κ3) is 5.45. The molecule has 1 heterocycles. The van der Waals surface area contributed by atoms with Crippen molar-refractivity contribution >= 4 is 17.5 Å². The number of hydrogen-bond donors (Lipinski definition) is 3. The van der Waals surface area contributed by atoms with Gasteiger partial charge in [-0.3, -0.25) is 0 Å². The number of benzene rings is 2. The molecule has 0 aliphatic heterocycles. The topological polar surface area (TPSA) is 70.1 Å². The van der Waals surface area contributed by atoms with Crippen molar-refractivity contribution in [2.75, 3.05) is 23.8 Å². The zero-order chi connectivity index (χ0) is 20.9. The Kier molecular flexibility index (Phi) is 6.33. The van der Waals surface area contributed by atoms with Crippen LogP contribution in [0.1, 0.15) is 17.5 Å². The number of nitrogens with zero attached hydrogens (tertiary/aromatic N) is 2. The molecule has 0 aliphatic rings. The number of halogens is 3. The summed E-state index contributed by atoms with van der Waals surface area (Å²) in [5.74, 6) is 0.688. The van der Waals surface area contributed by atoms with Crippen molar-refractivity contribution in [3.8, 4) is 11.3 Å². The lowest BCUT2D eigenvalue weighted by Crippen LogP contribution is -2.10. The van der Waals surface area contributed by atoms with E-state index in [0.29, 0.717) is 30.4 Å². The number of alkyl halides is 3. The van der Waals surface area contributed by atoms with E-state index in [-0.39, 0.29) is 17.9 Å². The van der Waals surface area contributed by atoms with E-state index >= 15 is 0 Å². The van der Waals surface area contributed by atoms with Crippen molar-refractivity contribution in [2.45, 2.75) is 19.5 Å². The fourth-order valence-electron chi connectivity index (χ4n) is 2.78. The molecular formula is C21H21F3N4O. The number of anilines is 3. The van der Waals surface area contributed by atoms with Crippen molar-refractivity contribution in [1.82, 2.24) is 9.97 Å². The largest absolute Gasteiger partial charge is 0.416 e. The first-order valence-electron chi connectivity index (χ1n) is 9.11. The molecule has 0 saturated heterocycles. The van der Waals surface area contributed by atoms with Crippen LogP contribution in [0.3, 0.4) is 0 Å². The second-order valence-electron chi connectivity index (χ2n) is 6.48. The van der Waals surface area contributed by atoms with Gasteiger partial charge in [-0.05, 0) is 31.0 Å². The zero-order valence-corrected chi connectivity index (χ0v) is 15.8. The fraction of sp³-hybridized carbons (Fsp3) is 0.238. The van der Waals surface area contributed by atoms with E-state index in [4.69, 9.17) is 5.11 Å². The standard InChI is InChI=1S/C21H21F3N4O/c1-14-8-9-16(12-17(14)21(22,23)24)26-19-13-18(15-6-3-2-4-7-15)27-20(28-19)25-10-5-11-29/h2-4,6-9,12-13,29H,5,10-11H2,1H3,(H2,25,26,27,28). The zero-order valence-electron chi connectivity index (χ0n) is 15.8. The monoisotopic (exact) mass is 402 g/mol. The van der Waals surface area contributed by atoms with Gasteiger partial charge in [0, 0.05) is 30.5 Å². The normalized spacial score (nSPS) is 11.3. The van der Waals surface area contributed by atoms with Crippen LogP contribution >= 0.6 is 0 Å². The van der Waals surface area contributed by atoms with Crippen LogP contribution < -0.4 is 10.6 Å². The first-order chi connectivity index (χ1) is 13.9. The second-order valence-corrected chi connectivity index (χ2v) is 6.48. The molecule has 2 aromatic carbocycles. The van der Waals surface area contributed by atoms with Gasteiger partial charge in [0.1, 0.15) is 5.82 Å². The Hall–Kier alpha value is -3.13. The SMILES string of the molecule is Cc1ccc(Nc2cc(-c3ccccc3)nc(NCCCO)n2)cc1C(F)(F)F. The molecule has 3 rings (SSSR count). The Labute approximate surface area is 166 Å². The maximum atomic E-state index is 13.2.